The summed E-state index contributed by atoms with van der Waals surface area (Å²) in [6, 6.07) is 15.9. The van der Waals surface area contributed by atoms with Crippen LogP contribution in [0.3, 0.4) is 0 Å². The maximum atomic E-state index is 12.5. The second kappa shape index (κ2) is 7.61. The zero-order valence-corrected chi connectivity index (χ0v) is 15.7. The zero-order valence-electron chi connectivity index (χ0n) is 14.1. The van der Waals surface area contributed by atoms with E-state index in [-0.39, 0.29) is 11.3 Å². The van der Waals surface area contributed by atoms with E-state index in [9.17, 15) is 9.59 Å². The van der Waals surface area contributed by atoms with E-state index in [0.29, 0.717) is 5.69 Å². The topological polar surface area (TPSA) is 65.1 Å². The predicted molar refractivity (Wildman–Crippen MR) is 97.9 cm³/mol. The average Bonchev–Trinajstić information content (AvgIpc) is 3.08. The number of anilines is 1. The smallest absolute Gasteiger partial charge is 0.377 e. The highest BCUT2D eigenvalue weighted by Gasteiger charge is 2.44. The molecule has 2 aromatic rings. The molecule has 26 heavy (non-hydrogen) atoms. The lowest BCUT2D eigenvalue weighted by Crippen LogP contribution is -2.26. The summed E-state index contributed by atoms with van der Waals surface area (Å²) >= 11 is 3.43. The van der Waals surface area contributed by atoms with Crippen LogP contribution in [-0.4, -0.2) is 26.2 Å². The van der Waals surface area contributed by atoms with E-state index in [2.05, 4.69) is 15.9 Å². The maximum Gasteiger partial charge on any atom is 0.377 e. The molecule has 3 rings (SSSR count). The molecular formula is C19H16BrNO5. The molecule has 0 aliphatic carbocycles. The van der Waals surface area contributed by atoms with Gasteiger partial charge in [0.05, 0.1) is 19.9 Å². The molecule has 1 atom stereocenters. The Morgan fingerprint density at radius 1 is 1.00 bits per heavy atom. The van der Waals surface area contributed by atoms with Crippen LogP contribution in [-0.2, 0) is 23.9 Å². The van der Waals surface area contributed by atoms with Crippen LogP contribution >= 0.6 is 15.9 Å². The summed E-state index contributed by atoms with van der Waals surface area (Å²) in [5.74, 6) is -1.59. The van der Waals surface area contributed by atoms with Crippen molar-refractivity contribution in [2.75, 3.05) is 19.3 Å². The van der Waals surface area contributed by atoms with E-state index < -0.39 is 18.0 Å². The number of hydrogen-bond acceptors (Lipinski definition) is 6. The Labute approximate surface area is 159 Å². The highest BCUT2D eigenvalue weighted by atomic mass is 79.9. The van der Waals surface area contributed by atoms with Gasteiger partial charge in [-0.1, -0.05) is 46.3 Å². The van der Waals surface area contributed by atoms with Crippen molar-refractivity contribution in [3.63, 3.8) is 0 Å². The van der Waals surface area contributed by atoms with Gasteiger partial charge >= 0.3 is 11.9 Å². The van der Waals surface area contributed by atoms with Crippen LogP contribution in [0.4, 0.5) is 5.69 Å². The SMILES string of the molecule is COC(=O)C1=C(C(=O)OC)[C@H](c2cccc(Br)c2)N(c2ccccc2)O1. The van der Waals surface area contributed by atoms with E-state index in [1.807, 2.05) is 54.6 Å². The average molecular weight is 418 g/mol. The van der Waals surface area contributed by atoms with Gasteiger partial charge in [0.2, 0.25) is 0 Å². The Hall–Kier alpha value is -2.80. The number of halogens is 1. The number of esters is 2. The lowest BCUT2D eigenvalue weighted by atomic mass is 9.97. The van der Waals surface area contributed by atoms with E-state index >= 15 is 0 Å². The molecule has 0 spiro atoms. The number of benzene rings is 2. The molecular weight excluding hydrogens is 402 g/mol. The lowest BCUT2D eigenvalue weighted by Gasteiger charge is -2.26. The Balaban J connectivity index is 2.19. The molecule has 134 valence electrons. The fraction of sp³-hybridized carbons (Fsp3) is 0.158. The summed E-state index contributed by atoms with van der Waals surface area (Å²) in [6.45, 7) is 0. The van der Waals surface area contributed by atoms with Gasteiger partial charge in [-0.25, -0.2) is 9.59 Å². The molecule has 2 aromatic carbocycles. The monoisotopic (exact) mass is 417 g/mol. The van der Waals surface area contributed by atoms with Crippen molar-refractivity contribution in [1.29, 1.82) is 0 Å². The standard InChI is InChI=1S/C19H16BrNO5/c1-24-18(22)15-16(12-7-6-8-13(20)11-12)21(14-9-4-3-5-10-14)26-17(15)19(23)25-2/h3-11,16H,1-2H3/t16-/m0/s1. The molecule has 7 heteroatoms. The second-order valence-electron chi connectivity index (χ2n) is 5.44. The molecule has 0 unspecified atom stereocenters. The van der Waals surface area contributed by atoms with Crippen LogP contribution < -0.4 is 5.06 Å². The van der Waals surface area contributed by atoms with E-state index in [0.717, 1.165) is 10.0 Å². The van der Waals surface area contributed by atoms with Gasteiger partial charge in [0.15, 0.2) is 0 Å². The van der Waals surface area contributed by atoms with Crippen molar-refractivity contribution in [2.24, 2.45) is 0 Å². The van der Waals surface area contributed by atoms with Crippen LogP contribution in [0.2, 0.25) is 0 Å². The first kappa shape index (κ1) is 18.0. The molecule has 0 fully saturated rings. The van der Waals surface area contributed by atoms with Crippen molar-refractivity contribution in [3.8, 4) is 0 Å². The molecule has 1 aliphatic heterocycles. The number of methoxy groups -OCH3 is 2. The van der Waals surface area contributed by atoms with Gasteiger partial charge in [0, 0.05) is 4.47 Å². The normalized spacial score (nSPS) is 16.3. The van der Waals surface area contributed by atoms with Gasteiger partial charge in [-0.05, 0) is 29.8 Å². The highest BCUT2D eigenvalue weighted by molar-refractivity contribution is 9.10. The van der Waals surface area contributed by atoms with Crippen molar-refractivity contribution in [2.45, 2.75) is 6.04 Å². The van der Waals surface area contributed by atoms with Gasteiger partial charge in [-0.3, -0.25) is 0 Å². The van der Waals surface area contributed by atoms with Gasteiger partial charge < -0.3 is 14.3 Å². The van der Waals surface area contributed by atoms with Crippen molar-refractivity contribution in [3.05, 3.63) is 76.0 Å². The molecule has 0 radical (unpaired) electrons. The minimum atomic E-state index is -0.746. The largest absolute Gasteiger partial charge is 0.465 e. The van der Waals surface area contributed by atoms with Crippen molar-refractivity contribution in [1.82, 2.24) is 0 Å². The van der Waals surface area contributed by atoms with Crippen LogP contribution in [0.5, 0.6) is 0 Å². The molecule has 1 aliphatic rings. The number of hydroxylamine groups is 1. The molecule has 1 heterocycles. The highest BCUT2D eigenvalue weighted by Crippen LogP contribution is 2.42. The molecule has 0 bridgehead atoms. The molecule has 6 nitrogen and oxygen atoms in total. The molecule has 0 saturated heterocycles. The summed E-state index contributed by atoms with van der Waals surface area (Å²) < 4.78 is 10.5. The van der Waals surface area contributed by atoms with Crippen LogP contribution in [0.1, 0.15) is 11.6 Å². The van der Waals surface area contributed by atoms with Crippen LogP contribution in [0.25, 0.3) is 0 Å². The quantitative estimate of drug-likeness (QED) is 0.708. The fourth-order valence-electron chi connectivity index (χ4n) is 2.75. The molecule has 0 N–H and O–H groups in total. The number of hydrogen-bond donors (Lipinski definition) is 0. The summed E-state index contributed by atoms with van der Waals surface area (Å²) in [6.07, 6.45) is 0. The third kappa shape index (κ3) is 3.30. The Bertz CT molecular complexity index is 865. The summed E-state index contributed by atoms with van der Waals surface area (Å²) in [5, 5.41) is 1.50. The summed E-state index contributed by atoms with van der Waals surface area (Å²) in [4.78, 5) is 30.5. The number of ether oxygens (including phenoxy) is 2. The maximum absolute atomic E-state index is 12.5. The van der Waals surface area contributed by atoms with Crippen molar-refractivity contribution >= 4 is 33.6 Å². The number of carbonyl (C=O) groups is 2. The van der Waals surface area contributed by atoms with Crippen LogP contribution in [0, 0.1) is 0 Å². The van der Waals surface area contributed by atoms with Crippen molar-refractivity contribution < 1.29 is 23.9 Å². The third-order valence-electron chi connectivity index (χ3n) is 3.89. The minimum Gasteiger partial charge on any atom is -0.465 e. The molecule has 0 aromatic heterocycles. The molecule has 0 amide bonds. The Morgan fingerprint density at radius 2 is 1.69 bits per heavy atom. The van der Waals surface area contributed by atoms with Gasteiger partial charge in [-0.2, -0.15) is 5.06 Å². The lowest BCUT2D eigenvalue weighted by molar-refractivity contribution is -0.141. The Kier molecular flexibility index (Phi) is 5.27. The van der Waals surface area contributed by atoms with E-state index in [1.54, 1.807) is 0 Å². The number of carbonyl (C=O) groups excluding carboxylic acids is 2. The first-order valence-corrected chi connectivity index (χ1v) is 8.54. The number of nitrogens with zero attached hydrogens (tertiary/aromatic N) is 1. The molecule has 0 saturated carbocycles. The van der Waals surface area contributed by atoms with E-state index in [4.69, 9.17) is 14.3 Å². The predicted octanol–water partition coefficient (Wildman–Crippen LogP) is 3.54. The third-order valence-corrected chi connectivity index (χ3v) is 4.39. The zero-order chi connectivity index (χ0) is 18.7. The van der Waals surface area contributed by atoms with E-state index in [1.165, 1.54) is 19.3 Å². The van der Waals surface area contributed by atoms with Gasteiger partial charge in [0.1, 0.15) is 11.6 Å². The van der Waals surface area contributed by atoms with Gasteiger partial charge in [0.25, 0.3) is 5.76 Å². The minimum absolute atomic E-state index is 0.0845. The Morgan fingerprint density at radius 3 is 2.31 bits per heavy atom. The van der Waals surface area contributed by atoms with Gasteiger partial charge in [-0.15, -0.1) is 0 Å². The van der Waals surface area contributed by atoms with Crippen LogP contribution in [0.15, 0.2) is 70.4 Å². The number of rotatable bonds is 4. The first-order chi connectivity index (χ1) is 12.6. The first-order valence-electron chi connectivity index (χ1n) is 7.75. The number of para-hydroxylation sites is 1. The second-order valence-corrected chi connectivity index (χ2v) is 6.35. The fourth-order valence-corrected chi connectivity index (χ4v) is 3.17. The summed E-state index contributed by atoms with van der Waals surface area (Å²) in [5.41, 5.74) is 1.52. The summed E-state index contributed by atoms with van der Waals surface area (Å²) in [7, 11) is 2.49.